The lowest BCUT2D eigenvalue weighted by molar-refractivity contribution is 0.627. The molecule has 1 saturated heterocycles. The van der Waals surface area contributed by atoms with Gasteiger partial charge in [-0.25, -0.2) is 4.39 Å². The van der Waals surface area contributed by atoms with Crippen molar-refractivity contribution in [3.05, 3.63) is 35.3 Å². The molecule has 0 amide bonds. The van der Waals surface area contributed by atoms with Gasteiger partial charge in [0.15, 0.2) is 5.17 Å². The monoisotopic (exact) mass is 263 g/mol. The number of amidine groups is 1. The number of anilines is 2. The van der Waals surface area contributed by atoms with Crippen LogP contribution in [0.15, 0.2) is 23.9 Å². The largest absolute Gasteiger partial charge is 0.386 e. The number of rotatable bonds is 1. The number of benzene rings is 1. The van der Waals surface area contributed by atoms with Gasteiger partial charge in [-0.3, -0.25) is 10.3 Å². The average Bonchev–Trinajstić information content (AvgIpc) is 2.71. The van der Waals surface area contributed by atoms with E-state index < -0.39 is 0 Å². The minimum Gasteiger partial charge on any atom is -0.386 e. The minimum atomic E-state index is -0.238. The number of thioether (sulfide) groups is 1. The van der Waals surface area contributed by atoms with Gasteiger partial charge in [0.1, 0.15) is 5.82 Å². The second-order valence-electron chi connectivity index (χ2n) is 4.52. The molecule has 0 saturated carbocycles. The maximum atomic E-state index is 13.8. The van der Waals surface area contributed by atoms with E-state index in [2.05, 4.69) is 18.3 Å². The van der Waals surface area contributed by atoms with Gasteiger partial charge in [0.2, 0.25) is 0 Å². The van der Waals surface area contributed by atoms with Gasteiger partial charge in [-0.15, -0.1) is 0 Å². The van der Waals surface area contributed by atoms with E-state index in [9.17, 15) is 4.39 Å². The fraction of sp³-hybridized carbons (Fsp3) is 0.308. The van der Waals surface area contributed by atoms with Crippen LogP contribution >= 0.6 is 11.8 Å². The predicted octanol–water partition coefficient (Wildman–Crippen LogP) is 3.36. The zero-order valence-corrected chi connectivity index (χ0v) is 11.1. The highest BCUT2D eigenvalue weighted by Crippen LogP contribution is 2.43. The number of hydrogen-bond donors (Lipinski definition) is 2. The quantitative estimate of drug-likeness (QED) is 0.816. The molecule has 1 fully saturated rings. The second-order valence-corrected chi connectivity index (χ2v) is 5.48. The van der Waals surface area contributed by atoms with E-state index in [-0.39, 0.29) is 11.7 Å². The SMILES string of the molecule is CNc1cc2c(cc1F)C(C)C=C1CSC(=N)N12. The van der Waals surface area contributed by atoms with E-state index in [0.29, 0.717) is 10.9 Å². The van der Waals surface area contributed by atoms with Crippen LogP contribution in [0, 0.1) is 11.2 Å². The molecule has 3 nitrogen and oxygen atoms in total. The molecule has 3 rings (SSSR count). The summed E-state index contributed by atoms with van der Waals surface area (Å²) in [6, 6.07) is 3.38. The number of nitrogens with one attached hydrogen (secondary N) is 2. The third-order valence-electron chi connectivity index (χ3n) is 3.41. The van der Waals surface area contributed by atoms with E-state index >= 15 is 0 Å². The molecule has 1 atom stereocenters. The molecule has 1 aromatic rings. The Hall–Kier alpha value is -1.49. The van der Waals surface area contributed by atoms with Crippen molar-refractivity contribution in [1.82, 2.24) is 0 Å². The van der Waals surface area contributed by atoms with Crippen molar-refractivity contribution in [1.29, 1.82) is 5.41 Å². The lowest BCUT2D eigenvalue weighted by atomic mass is 9.93. The van der Waals surface area contributed by atoms with Crippen molar-refractivity contribution in [2.75, 3.05) is 23.0 Å². The van der Waals surface area contributed by atoms with Crippen LogP contribution in [0.5, 0.6) is 0 Å². The Morgan fingerprint density at radius 2 is 2.28 bits per heavy atom. The molecule has 0 aliphatic carbocycles. The number of hydrogen-bond acceptors (Lipinski definition) is 3. The molecule has 2 heterocycles. The summed E-state index contributed by atoms with van der Waals surface area (Å²) in [4.78, 5) is 1.92. The second kappa shape index (κ2) is 4.02. The maximum absolute atomic E-state index is 13.8. The van der Waals surface area contributed by atoms with Crippen LogP contribution in [0.3, 0.4) is 0 Å². The summed E-state index contributed by atoms with van der Waals surface area (Å²) in [5, 5.41) is 11.4. The first-order valence-corrected chi connectivity index (χ1v) is 6.83. The summed E-state index contributed by atoms with van der Waals surface area (Å²) in [6.07, 6.45) is 2.12. The van der Waals surface area contributed by atoms with E-state index in [0.717, 1.165) is 22.7 Å². The van der Waals surface area contributed by atoms with E-state index in [1.807, 2.05) is 4.90 Å². The Kier molecular flexibility index (Phi) is 2.59. The standard InChI is InChI=1S/C13H14FN3S/c1-7-3-8-6-18-13(15)17(8)12-5-11(16-2)10(14)4-9(7)12/h3-5,7,15-16H,6H2,1-2H3. The molecule has 5 heteroatoms. The maximum Gasteiger partial charge on any atom is 0.165 e. The van der Waals surface area contributed by atoms with Crippen molar-refractivity contribution >= 4 is 28.3 Å². The molecule has 0 aromatic heterocycles. The van der Waals surface area contributed by atoms with Crippen LogP contribution in [-0.2, 0) is 0 Å². The van der Waals surface area contributed by atoms with Crippen molar-refractivity contribution in [2.24, 2.45) is 0 Å². The third kappa shape index (κ3) is 1.54. The van der Waals surface area contributed by atoms with Gasteiger partial charge in [-0.1, -0.05) is 24.8 Å². The van der Waals surface area contributed by atoms with Gasteiger partial charge in [-0.2, -0.15) is 0 Å². The van der Waals surface area contributed by atoms with Gasteiger partial charge in [0, 0.05) is 24.4 Å². The molecule has 2 aliphatic rings. The Morgan fingerprint density at radius 3 is 3.00 bits per heavy atom. The summed E-state index contributed by atoms with van der Waals surface area (Å²) in [5.74, 6) is 0.783. The normalized spacial score (nSPS) is 21.5. The first-order chi connectivity index (χ1) is 8.61. The summed E-state index contributed by atoms with van der Waals surface area (Å²) in [7, 11) is 1.71. The molecule has 2 aliphatic heterocycles. The Bertz CT molecular complexity index is 568. The first-order valence-electron chi connectivity index (χ1n) is 5.85. The lowest BCUT2D eigenvalue weighted by Gasteiger charge is -2.30. The lowest BCUT2D eigenvalue weighted by Crippen LogP contribution is -2.26. The predicted molar refractivity (Wildman–Crippen MR) is 75.1 cm³/mol. The number of nitrogens with zero attached hydrogens (tertiary/aromatic N) is 1. The number of fused-ring (bicyclic) bond motifs is 3. The Labute approximate surface area is 110 Å². The van der Waals surface area contributed by atoms with Crippen LogP contribution in [-0.4, -0.2) is 18.0 Å². The average molecular weight is 263 g/mol. The molecule has 0 radical (unpaired) electrons. The van der Waals surface area contributed by atoms with Crippen LogP contribution < -0.4 is 10.2 Å². The topological polar surface area (TPSA) is 39.1 Å². The molecule has 0 bridgehead atoms. The van der Waals surface area contributed by atoms with Crippen LogP contribution in [0.4, 0.5) is 15.8 Å². The van der Waals surface area contributed by atoms with Crippen molar-refractivity contribution in [2.45, 2.75) is 12.8 Å². The zero-order chi connectivity index (χ0) is 12.9. The minimum absolute atomic E-state index is 0.193. The number of halogens is 1. The van der Waals surface area contributed by atoms with Crippen LogP contribution in [0.25, 0.3) is 0 Å². The van der Waals surface area contributed by atoms with Crippen LogP contribution in [0.1, 0.15) is 18.4 Å². The smallest absolute Gasteiger partial charge is 0.165 e. The molecule has 0 spiro atoms. The summed E-state index contributed by atoms with van der Waals surface area (Å²) < 4.78 is 13.8. The highest BCUT2D eigenvalue weighted by Gasteiger charge is 2.32. The highest BCUT2D eigenvalue weighted by atomic mass is 32.2. The molecular formula is C13H14FN3S. The summed E-state index contributed by atoms with van der Waals surface area (Å²) in [5.41, 5.74) is 3.49. The Morgan fingerprint density at radius 1 is 1.50 bits per heavy atom. The molecular weight excluding hydrogens is 249 g/mol. The van der Waals surface area contributed by atoms with Gasteiger partial charge < -0.3 is 5.32 Å². The van der Waals surface area contributed by atoms with E-state index in [1.165, 1.54) is 11.8 Å². The van der Waals surface area contributed by atoms with E-state index in [4.69, 9.17) is 5.41 Å². The molecule has 2 N–H and O–H groups in total. The fourth-order valence-corrected chi connectivity index (χ4v) is 3.35. The molecule has 18 heavy (non-hydrogen) atoms. The summed E-state index contributed by atoms with van der Waals surface area (Å²) in [6.45, 7) is 2.06. The highest BCUT2D eigenvalue weighted by molar-refractivity contribution is 8.14. The summed E-state index contributed by atoms with van der Waals surface area (Å²) >= 11 is 1.51. The van der Waals surface area contributed by atoms with Crippen molar-refractivity contribution in [3.8, 4) is 0 Å². The van der Waals surface area contributed by atoms with Gasteiger partial charge in [-0.05, 0) is 17.7 Å². The van der Waals surface area contributed by atoms with Crippen molar-refractivity contribution < 1.29 is 4.39 Å². The first kappa shape index (κ1) is 11.6. The van der Waals surface area contributed by atoms with Gasteiger partial charge in [0.05, 0.1) is 11.4 Å². The third-order valence-corrected chi connectivity index (χ3v) is 4.30. The molecule has 94 valence electrons. The fourth-order valence-electron chi connectivity index (χ4n) is 2.49. The molecule has 1 unspecified atom stereocenters. The van der Waals surface area contributed by atoms with E-state index in [1.54, 1.807) is 19.2 Å². The zero-order valence-electron chi connectivity index (χ0n) is 10.2. The Balaban J connectivity index is 2.20. The van der Waals surface area contributed by atoms with Crippen molar-refractivity contribution in [3.63, 3.8) is 0 Å². The van der Waals surface area contributed by atoms with Gasteiger partial charge >= 0.3 is 0 Å². The number of allylic oxidation sites excluding steroid dienone is 1. The molecule has 1 aromatic carbocycles. The van der Waals surface area contributed by atoms with Crippen LogP contribution in [0.2, 0.25) is 0 Å². The van der Waals surface area contributed by atoms with Gasteiger partial charge in [0.25, 0.3) is 0 Å².